The lowest BCUT2D eigenvalue weighted by Crippen LogP contribution is -1.91. The normalized spacial score (nSPS) is 10.1. The van der Waals surface area contributed by atoms with Crippen LogP contribution in [0.25, 0.3) is 0 Å². The van der Waals surface area contributed by atoms with Gasteiger partial charge >= 0.3 is 0 Å². The number of benzene rings is 2. The number of rotatable bonds is 2. The van der Waals surface area contributed by atoms with E-state index in [4.69, 9.17) is 10.2 Å². The molecule has 3 nitrogen and oxygen atoms in total. The van der Waals surface area contributed by atoms with Gasteiger partial charge in [-0.05, 0) is 60.3 Å². The second-order valence-electron chi connectivity index (χ2n) is 3.43. The minimum absolute atomic E-state index is 0.101. The van der Waals surface area contributed by atoms with E-state index in [1.165, 1.54) is 24.3 Å². The molecule has 0 aromatic heterocycles. The van der Waals surface area contributed by atoms with E-state index in [-0.39, 0.29) is 16.6 Å². The molecule has 0 radical (unpaired) electrons. The summed E-state index contributed by atoms with van der Waals surface area (Å²) in [5, 5.41) is 18.1. The number of hydrogen-bond donors (Lipinski definition) is 2. The fraction of sp³-hybridized carbons (Fsp3) is 0. The van der Waals surface area contributed by atoms with Crippen LogP contribution in [-0.4, -0.2) is 15.3 Å². The van der Waals surface area contributed by atoms with Gasteiger partial charge < -0.3 is 10.2 Å². The summed E-state index contributed by atoms with van der Waals surface area (Å²) in [5.41, 5.74) is 0.529. The summed E-state index contributed by atoms with van der Waals surface area (Å²) < 4.78 is 0. The van der Waals surface area contributed by atoms with Gasteiger partial charge in [0, 0.05) is 10.5 Å². The van der Waals surface area contributed by atoms with Crippen molar-refractivity contribution in [3.63, 3.8) is 0 Å². The first-order valence-corrected chi connectivity index (χ1v) is 5.77. The van der Waals surface area contributed by atoms with Crippen molar-refractivity contribution in [2.45, 2.75) is 4.90 Å². The zero-order valence-corrected chi connectivity index (χ0v) is 9.65. The molecule has 0 saturated heterocycles. The molecule has 0 amide bonds. The molecule has 0 heterocycles. The molecule has 2 N–H and O–H groups in total. The number of phenols is 2. The van der Waals surface area contributed by atoms with Crippen LogP contribution in [0, 0.1) is 0 Å². The van der Waals surface area contributed by atoms with Crippen molar-refractivity contribution in [2.24, 2.45) is 0 Å². The van der Waals surface area contributed by atoms with E-state index in [2.05, 4.69) is 0 Å². The van der Waals surface area contributed by atoms with Crippen LogP contribution in [0.2, 0.25) is 0 Å². The van der Waals surface area contributed by atoms with Crippen LogP contribution in [0.4, 0.5) is 0 Å². The molecule has 2 rings (SSSR count). The molecule has 86 valence electrons. The van der Waals surface area contributed by atoms with Crippen molar-refractivity contribution in [1.82, 2.24) is 0 Å². The van der Waals surface area contributed by atoms with E-state index in [1.54, 1.807) is 24.3 Å². The fourth-order valence-electron chi connectivity index (χ4n) is 1.28. The predicted octanol–water partition coefficient (Wildman–Crippen LogP) is 3.03. The molecular formula is C13H10O3S. The van der Waals surface area contributed by atoms with Gasteiger partial charge in [-0.1, -0.05) is 0 Å². The van der Waals surface area contributed by atoms with Crippen molar-refractivity contribution in [1.29, 1.82) is 0 Å². The summed E-state index contributed by atoms with van der Waals surface area (Å²) in [7, 11) is 0. The number of phenolic OH excluding ortho intramolecular Hbond substituents is 2. The molecule has 0 unspecified atom stereocenters. The van der Waals surface area contributed by atoms with Gasteiger partial charge in [0.15, 0.2) is 0 Å². The second-order valence-corrected chi connectivity index (χ2v) is 4.48. The number of hydrogen-bond acceptors (Lipinski definition) is 4. The summed E-state index contributed by atoms with van der Waals surface area (Å²) >= 11 is 1.08. The van der Waals surface area contributed by atoms with E-state index < -0.39 is 0 Å². The van der Waals surface area contributed by atoms with Crippen LogP contribution in [0.15, 0.2) is 53.4 Å². The topological polar surface area (TPSA) is 57.5 Å². The zero-order chi connectivity index (χ0) is 12.3. The van der Waals surface area contributed by atoms with E-state index >= 15 is 0 Å². The lowest BCUT2D eigenvalue weighted by Gasteiger charge is -2.01. The Morgan fingerprint density at radius 2 is 1.29 bits per heavy atom. The summed E-state index contributed by atoms with van der Waals surface area (Å²) in [6.45, 7) is 0. The van der Waals surface area contributed by atoms with Gasteiger partial charge in [0.25, 0.3) is 0 Å². The molecule has 0 saturated carbocycles. The maximum absolute atomic E-state index is 11.8. The molecule has 0 aliphatic carbocycles. The summed E-state index contributed by atoms with van der Waals surface area (Å²) in [5.74, 6) is 0.308. The molecule has 2 aromatic carbocycles. The molecule has 0 bridgehead atoms. The Morgan fingerprint density at radius 3 is 1.82 bits per heavy atom. The minimum atomic E-state index is -0.101. The molecular weight excluding hydrogens is 236 g/mol. The highest BCUT2D eigenvalue weighted by Crippen LogP contribution is 2.25. The van der Waals surface area contributed by atoms with Gasteiger partial charge in [-0.15, -0.1) is 0 Å². The van der Waals surface area contributed by atoms with Crippen LogP contribution in [0.3, 0.4) is 0 Å². The molecule has 0 aliphatic rings. The lowest BCUT2D eigenvalue weighted by atomic mass is 10.2. The summed E-state index contributed by atoms with van der Waals surface area (Å²) in [6, 6.07) is 12.5. The van der Waals surface area contributed by atoms with E-state index in [0.717, 1.165) is 16.7 Å². The van der Waals surface area contributed by atoms with Crippen LogP contribution in [-0.2, 0) is 0 Å². The van der Waals surface area contributed by atoms with Gasteiger partial charge in [0.1, 0.15) is 11.5 Å². The molecule has 17 heavy (non-hydrogen) atoms. The first kappa shape index (κ1) is 11.5. The molecule has 0 spiro atoms. The number of aromatic hydroxyl groups is 2. The molecule has 0 atom stereocenters. The average Bonchev–Trinajstić information content (AvgIpc) is 2.33. The van der Waals surface area contributed by atoms with Crippen LogP contribution in [0.5, 0.6) is 11.5 Å². The van der Waals surface area contributed by atoms with Crippen molar-refractivity contribution in [3.8, 4) is 11.5 Å². The Labute approximate surface area is 103 Å². The monoisotopic (exact) mass is 246 g/mol. The Balaban J connectivity index is 2.11. The maximum Gasteiger partial charge on any atom is 0.224 e. The zero-order valence-electron chi connectivity index (χ0n) is 8.83. The third-order valence-electron chi connectivity index (χ3n) is 2.15. The summed E-state index contributed by atoms with van der Waals surface area (Å²) in [4.78, 5) is 12.6. The van der Waals surface area contributed by atoms with Crippen molar-refractivity contribution in [2.75, 3.05) is 0 Å². The van der Waals surface area contributed by atoms with Gasteiger partial charge in [0.2, 0.25) is 5.12 Å². The maximum atomic E-state index is 11.8. The van der Waals surface area contributed by atoms with Crippen LogP contribution in [0.1, 0.15) is 10.4 Å². The minimum Gasteiger partial charge on any atom is -0.508 e. The Morgan fingerprint density at radius 1 is 0.824 bits per heavy atom. The third kappa shape index (κ3) is 3.01. The summed E-state index contributed by atoms with van der Waals surface area (Å²) in [6.07, 6.45) is 0. The second kappa shape index (κ2) is 4.93. The van der Waals surface area contributed by atoms with Crippen molar-refractivity contribution < 1.29 is 15.0 Å². The Bertz CT molecular complexity index is 517. The lowest BCUT2D eigenvalue weighted by molar-refractivity contribution is 0.108. The standard InChI is InChI=1S/C13H10O3S/c14-10-3-1-9(2-4-10)13(16)17-12-7-5-11(15)6-8-12/h1-8,14-15H. The van der Waals surface area contributed by atoms with Crippen LogP contribution >= 0.6 is 11.8 Å². The quantitative estimate of drug-likeness (QED) is 0.800. The van der Waals surface area contributed by atoms with Gasteiger partial charge in [-0.3, -0.25) is 4.79 Å². The highest BCUT2D eigenvalue weighted by molar-refractivity contribution is 8.14. The van der Waals surface area contributed by atoms with Crippen molar-refractivity contribution in [3.05, 3.63) is 54.1 Å². The molecule has 2 aromatic rings. The van der Waals surface area contributed by atoms with Gasteiger partial charge in [0.05, 0.1) is 0 Å². The van der Waals surface area contributed by atoms with E-state index in [0.29, 0.717) is 5.56 Å². The first-order chi connectivity index (χ1) is 8.15. The first-order valence-electron chi connectivity index (χ1n) is 4.95. The molecule has 0 aliphatic heterocycles. The number of thioether (sulfide) groups is 1. The number of carbonyl (C=O) groups is 1. The largest absolute Gasteiger partial charge is 0.508 e. The smallest absolute Gasteiger partial charge is 0.224 e. The molecule has 0 fully saturated rings. The van der Waals surface area contributed by atoms with Crippen LogP contribution < -0.4 is 0 Å². The SMILES string of the molecule is O=C(Sc1ccc(O)cc1)c1ccc(O)cc1. The number of carbonyl (C=O) groups excluding carboxylic acids is 1. The van der Waals surface area contributed by atoms with E-state index in [1.807, 2.05) is 0 Å². The third-order valence-corrected chi connectivity index (χ3v) is 3.08. The average molecular weight is 246 g/mol. The highest BCUT2D eigenvalue weighted by atomic mass is 32.2. The van der Waals surface area contributed by atoms with Gasteiger partial charge in [-0.2, -0.15) is 0 Å². The van der Waals surface area contributed by atoms with Gasteiger partial charge in [-0.25, -0.2) is 0 Å². The Hall–Kier alpha value is -1.94. The Kier molecular flexibility index (Phi) is 3.35. The highest BCUT2D eigenvalue weighted by Gasteiger charge is 2.07. The molecule has 4 heteroatoms. The van der Waals surface area contributed by atoms with E-state index in [9.17, 15) is 4.79 Å². The predicted molar refractivity (Wildman–Crippen MR) is 66.4 cm³/mol. The fourth-order valence-corrected chi connectivity index (χ4v) is 2.02. The van der Waals surface area contributed by atoms with Crippen molar-refractivity contribution >= 4 is 16.9 Å².